The van der Waals surface area contributed by atoms with Crippen LogP contribution in [0.2, 0.25) is 0 Å². The molecule has 0 atom stereocenters. The lowest BCUT2D eigenvalue weighted by molar-refractivity contribution is 0.963. The van der Waals surface area contributed by atoms with Gasteiger partial charge in [0.25, 0.3) is 0 Å². The molecule has 1 heterocycles. The Morgan fingerprint density at radius 2 is 2.08 bits per heavy atom. The summed E-state index contributed by atoms with van der Waals surface area (Å²) in [5.74, 6) is 0. The molecule has 0 spiro atoms. The quantitative estimate of drug-likeness (QED) is 0.624. The third-order valence-corrected chi connectivity index (χ3v) is 2.66. The van der Waals surface area contributed by atoms with E-state index in [-0.39, 0.29) is 0 Å². The number of benzene rings is 1. The van der Waals surface area contributed by atoms with Gasteiger partial charge in [-0.1, -0.05) is 13.0 Å². The van der Waals surface area contributed by atoms with Gasteiger partial charge in [0.05, 0.1) is 0 Å². The molecule has 1 aromatic carbocycles. The van der Waals surface area contributed by atoms with Gasteiger partial charge >= 0.3 is 0 Å². The Balaban J connectivity index is 2.76. The van der Waals surface area contributed by atoms with Crippen LogP contribution in [0.25, 0.3) is 10.9 Å². The molecule has 0 saturated carbocycles. The molecular formula is C12H15N. The molecule has 0 saturated heterocycles. The topological polar surface area (TPSA) is 4.93 Å². The Morgan fingerprint density at radius 1 is 1.31 bits per heavy atom. The standard InChI is InChI=1S/C12H15N/c1-4-10-5-6-12-11(7-10)9(2)8-13(12)3/h5-8H,4H2,1-3H3. The van der Waals surface area contributed by atoms with Gasteiger partial charge in [-0.3, -0.25) is 0 Å². The minimum absolute atomic E-state index is 1.12. The molecule has 0 aliphatic carbocycles. The van der Waals surface area contributed by atoms with E-state index in [4.69, 9.17) is 0 Å². The van der Waals surface area contributed by atoms with Gasteiger partial charge in [0.1, 0.15) is 0 Å². The van der Waals surface area contributed by atoms with Crippen molar-refractivity contribution in [1.29, 1.82) is 0 Å². The fourth-order valence-electron chi connectivity index (χ4n) is 1.86. The third kappa shape index (κ3) is 1.24. The average Bonchev–Trinajstić information content (AvgIpc) is 2.42. The van der Waals surface area contributed by atoms with Crippen LogP contribution in [-0.4, -0.2) is 4.57 Å². The van der Waals surface area contributed by atoms with E-state index in [9.17, 15) is 0 Å². The molecule has 0 bridgehead atoms. The minimum Gasteiger partial charge on any atom is -0.350 e. The van der Waals surface area contributed by atoms with Crippen molar-refractivity contribution in [3.8, 4) is 0 Å². The highest BCUT2D eigenvalue weighted by atomic mass is 14.9. The largest absolute Gasteiger partial charge is 0.350 e. The molecule has 68 valence electrons. The van der Waals surface area contributed by atoms with E-state index >= 15 is 0 Å². The Labute approximate surface area is 79.0 Å². The van der Waals surface area contributed by atoms with Crippen molar-refractivity contribution in [3.05, 3.63) is 35.5 Å². The van der Waals surface area contributed by atoms with Crippen LogP contribution in [-0.2, 0) is 13.5 Å². The monoisotopic (exact) mass is 173 g/mol. The number of rotatable bonds is 1. The molecule has 0 radical (unpaired) electrons. The predicted octanol–water partition coefficient (Wildman–Crippen LogP) is 3.05. The van der Waals surface area contributed by atoms with Crippen LogP contribution in [0.1, 0.15) is 18.1 Å². The molecule has 1 aromatic heterocycles. The maximum absolute atomic E-state index is 2.30. The second-order valence-electron chi connectivity index (χ2n) is 3.63. The van der Waals surface area contributed by atoms with Crippen molar-refractivity contribution in [2.75, 3.05) is 0 Å². The van der Waals surface area contributed by atoms with Gasteiger partial charge in [0.2, 0.25) is 0 Å². The van der Waals surface area contributed by atoms with E-state index in [0.717, 1.165) is 6.42 Å². The fraction of sp³-hybridized carbons (Fsp3) is 0.333. The highest BCUT2D eigenvalue weighted by Crippen LogP contribution is 2.21. The van der Waals surface area contributed by atoms with E-state index in [1.165, 1.54) is 22.0 Å². The van der Waals surface area contributed by atoms with E-state index in [0.29, 0.717) is 0 Å². The maximum Gasteiger partial charge on any atom is 0.0480 e. The number of aromatic nitrogens is 1. The summed E-state index contributed by atoms with van der Waals surface area (Å²) in [7, 11) is 2.10. The molecule has 0 aliphatic heterocycles. The molecule has 0 fully saturated rings. The van der Waals surface area contributed by atoms with Crippen molar-refractivity contribution in [2.45, 2.75) is 20.3 Å². The van der Waals surface area contributed by atoms with E-state index in [2.05, 4.69) is 49.9 Å². The minimum atomic E-state index is 1.12. The van der Waals surface area contributed by atoms with E-state index in [1.807, 2.05) is 0 Å². The van der Waals surface area contributed by atoms with Gasteiger partial charge in [0, 0.05) is 24.1 Å². The van der Waals surface area contributed by atoms with Crippen LogP contribution >= 0.6 is 0 Å². The Hall–Kier alpha value is -1.24. The lowest BCUT2D eigenvalue weighted by atomic mass is 10.1. The number of nitrogens with zero attached hydrogens (tertiary/aromatic N) is 1. The zero-order chi connectivity index (χ0) is 9.42. The molecule has 1 nitrogen and oxygen atoms in total. The molecule has 1 heteroatoms. The molecule has 2 rings (SSSR count). The van der Waals surface area contributed by atoms with Crippen molar-refractivity contribution in [2.24, 2.45) is 7.05 Å². The van der Waals surface area contributed by atoms with Crippen molar-refractivity contribution in [1.82, 2.24) is 4.57 Å². The first-order valence-electron chi connectivity index (χ1n) is 4.77. The average molecular weight is 173 g/mol. The smallest absolute Gasteiger partial charge is 0.0480 e. The Bertz CT molecular complexity index is 438. The molecule has 13 heavy (non-hydrogen) atoms. The van der Waals surface area contributed by atoms with Crippen LogP contribution < -0.4 is 0 Å². The summed E-state index contributed by atoms with van der Waals surface area (Å²) in [6.45, 7) is 4.36. The Morgan fingerprint density at radius 3 is 2.77 bits per heavy atom. The van der Waals surface area contributed by atoms with Gasteiger partial charge < -0.3 is 4.57 Å². The molecule has 0 aliphatic rings. The van der Waals surface area contributed by atoms with Crippen LogP contribution in [0.4, 0.5) is 0 Å². The number of fused-ring (bicyclic) bond motifs is 1. The van der Waals surface area contributed by atoms with Gasteiger partial charge in [0.15, 0.2) is 0 Å². The first-order chi connectivity index (χ1) is 6.22. The molecule has 0 N–H and O–H groups in total. The second kappa shape index (κ2) is 2.91. The van der Waals surface area contributed by atoms with Crippen molar-refractivity contribution >= 4 is 10.9 Å². The first-order valence-corrected chi connectivity index (χ1v) is 4.77. The van der Waals surface area contributed by atoms with Crippen LogP contribution in [0.15, 0.2) is 24.4 Å². The SMILES string of the molecule is CCc1ccc2c(c1)c(C)cn2C. The van der Waals surface area contributed by atoms with Gasteiger partial charge in [-0.2, -0.15) is 0 Å². The van der Waals surface area contributed by atoms with Crippen LogP contribution in [0, 0.1) is 6.92 Å². The summed E-state index contributed by atoms with van der Waals surface area (Å²) in [6, 6.07) is 6.72. The molecule has 2 aromatic rings. The zero-order valence-corrected chi connectivity index (χ0v) is 8.46. The highest BCUT2D eigenvalue weighted by Gasteiger charge is 2.02. The van der Waals surface area contributed by atoms with Crippen molar-refractivity contribution in [3.63, 3.8) is 0 Å². The first kappa shape index (κ1) is 8.36. The van der Waals surface area contributed by atoms with Crippen LogP contribution in [0.5, 0.6) is 0 Å². The third-order valence-electron chi connectivity index (χ3n) is 2.66. The molecule has 0 unspecified atom stereocenters. The maximum atomic E-state index is 2.30. The number of hydrogen-bond donors (Lipinski definition) is 0. The van der Waals surface area contributed by atoms with Crippen molar-refractivity contribution < 1.29 is 0 Å². The fourth-order valence-corrected chi connectivity index (χ4v) is 1.86. The normalized spacial score (nSPS) is 11.0. The summed E-state index contributed by atoms with van der Waals surface area (Å²) < 4.78 is 2.18. The zero-order valence-electron chi connectivity index (χ0n) is 8.46. The molecular weight excluding hydrogens is 158 g/mol. The van der Waals surface area contributed by atoms with E-state index in [1.54, 1.807) is 0 Å². The summed E-state index contributed by atoms with van der Waals surface area (Å²) in [5.41, 5.74) is 4.12. The van der Waals surface area contributed by atoms with Gasteiger partial charge in [-0.25, -0.2) is 0 Å². The molecule has 0 amide bonds. The van der Waals surface area contributed by atoms with Gasteiger partial charge in [-0.15, -0.1) is 0 Å². The lowest BCUT2D eigenvalue weighted by Gasteiger charge is -1.99. The highest BCUT2D eigenvalue weighted by molar-refractivity contribution is 5.84. The van der Waals surface area contributed by atoms with E-state index < -0.39 is 0 Å². The van der Waals surface area contributed by atoms with Crippen LogP contribution in [0.3, 0.4) is 0 Å². The lowest BCUT2D eigenvalue weighted by Crippen LogP contribution is -1.84. The summed E-state index contributed by atoms with van der Waals surface area (Å²) in [5, 5.41) is 1.39. The van der Waals surface area contributed by atoms with Gasteiger partial charge in [-0.05, 0) is 36.6 Å². The summed E-state index contributed by atoms with van der Waals surface area (Å²) >= 11 is 0. The second-order valence-corrected chi connectivity index (χ2v) is 3.63. The Kier molecular flexibility index (Phi) is 1.87. The predicted molar refractivity (Wildman–Crippen MR) is 57.0 cm³/mol. The summed E-state index contributed by atoms with van der Waals surface area (Å²) in [4.78, 5) is 0. The summed E-state index contributed by atoms with van der Waals surface area (Å²) in [6.07, 6.45) is 3.30. The number of aryl methyl sites for hydroxylation is 3. The number of hydrogen-bond acceptors (Lipinski definition) is 0.